The summed E-state index contributed by atoms with van der Waals surface area (Å²) in [6, 6.07) is 13.9. The second-order valence-electron chi connectivity index (χ2n) is 5.66. The SMILES string of the molecule is O=C(CCCCCCC(=O)c1ccc2ccccc2c1)NCO. The van der Waals surface area contributed by atoms with Crippen LogP contribution in [0.4, 0.5) is 0 Å². The normalized spacial score (nSPS) is 10.7. The fraction of sp³-hybridized carbons (Fsp3) is 0.368. The quantitative estimate of drug-likeness (QED) is 0.423. The lowest BCUT2D eigenvalue weighted by molar-refractivity contribution is -0.122. The summed E-state index contributed by atoms with van der Waals surface area (Å²) in [5.41, 5.74) is 0.769. The number of ketones is 1. The van der Waals surface area contributed by atoms with Crippen LogP contribution in [0.25, 0.3) is 10.8 Å². The first-order chi connectivity index (χ1) is 11.2. The molecule has 1 amide bonds. The maximum atomic E-state index is 12.2. The Morgan fingerprint density at radius 3 is 2.30 bits per heavy atom. The van der Waals surface area contributed by atoms with Gasteiger partial charge in [0.25, 0.3) is 0 Å². The summed E-state index contributed by atoms with van der Waals surface area (Å²) < 4.78 is 0. The fourth-order valence-corrected chi connectivity index (χ4v) is 2.61. The lowest BCUT2D eigenvalue weighted by Gasteiger charge is -2.04. The lowest BCUT2D eigenvalue weighted by atomic mass is 10.0. The highest BCUT2D eigenvalue weighted by Crippen LogP contribution is 2.17. The lowest BCUT2D eigenvalue weighted by Crippen LogP contribution is -2.23. The number of unbranched alkanes of at least 4 members (excludes halogenated alkanes) is 3. The van der Waals surface area contributed by atoms with Gasteiger partial charge >= 0.3 is 0 Å². The van der Waals surface area contributed by atoms with Gasteiger partial charge in [-0.05, 0) is 29.7 Å². The average molecular weight is 313 g/mol. The molecule has 4 heteroatoms. The Kier molecular flexibility index (Phi) is 6.76. The number of hydrogen-bond donors (Lipinski definition) is 2. The average Bonchev–Trinajstić information content (AvgIpc) is 2.57. The predicted octanol–water partition coefficient (Wildman–Crippen LogP) is 3.43. The number of nitrogens with one attached hydrogen (secondary N) is 1. The van der Waals surface area contributed by atoms with Gasteiger partial charge in [-0.15, -0.1) is 0 Å². The molecule has 122 valence electrons. The van der Waals surface area contributed by atoms with E-state index in [2.05, 4.69) is 5.32 Å². The van der Waals surface area contributed by atoms with E-state index in [0.29, 0.717) is 12.8 Å². The van der Waals surface area contributed by atoms with Gasteiger partial charge in [0.1, 0.15) is 6.73 Å². The van der Waals surface area contributed by atoms with Crippen LogP contribution in [-0.4, -0.2) is 23.5 Å². The first-order valence-electron chi connectivity index (χ1n) is 8.10. The van der Waals surface area contributed by atoms with E-state index in [1.54, 1.807) is 0 Å². The van der Waals surface area contributed by atoms with Crippen molar-refractivity contribution in [2.75, 3.05) is 6.73 Å². The monoisotopic (exact) mass is 313 g/mol. The molecule has 0 aliphatic carbocycles. The molecule has 2 rings (SSSR count). The molecule has 2 aromatic carbocycles. The van der Waals surface area contributed by atoms with Crippen LogP contribution >= 0.6 is 0 Å². The number of Topliss-reactive ketones (excluding diaryl/α,β-unsaturated/α-hetero) is 1. The standard InChI is InChI=1S/C19H23NO3/c21-14-20-19(23)10-4-2-1-3-9-18(22)17-12-11-15-7-5-6-8-16(15)13-17/h5-8,11-13,21H,1-4,9-10,14H2,(H,20,23). The third-order valence-electron chi connectivity index (χ3n) is 3.91. The van der Waals surface area contributed by atoms with Gasteiger partial charge in [0, 0.05) is 18.4 Å². The number of amides is 1. The van der Waals surface area contributed by atoms with E-state index in [4.69, 9.17) is 5.11 Å². The molecular weight excluding hydrogens is 290 g/mol. The topological polar surface area (TPSA) is 66.4 Å². The number of benzene rings is 2. The summed E-state index contributed by atoms with van der Waals surface area (Å²) in [6.07, 6.45) is 4.46. The van der Waals surface area contributed by atoms with Crippen LogP contribution < -0.4 is 5.32 Å². The summed E-state index contributed by atoms with van der Waals surface area (Å²) in [4.78, 5) is 23.4. The number of rotatable bonds is 9. The van der Waals surface area contributed by atoms with E-state index in [1.165, 1.54) is 0 Å². The molecule has 0 spiro atoms. The van der Waals surface area contributed by atoms with Gasteiger partial charge in [0.05, 0.1) is 0 Å². The first kappa shape index (κ1) is 17.2. The van der Waals surface area contributed by atoms with Gasteiger partial charge in [-0.3, -0.25) is 9.59 Å². The Labute approximate surface area is 136 Å². The number of carbonyl (C=O) groups excluding carboxylic acids is 2. The van der Waals surface area contributed by atoms with Gasteiger partial charge in [-0.25, -0.2) is 0 Å². The maximum Gasteiger partial charge on any atom is 0.221 e. The van der Waals surface area contributed by atoms with Crippen molar-refractivity contribution in [1.29, 1.82) is 0 Å². The van der Waals surface area contributed by atoms with Gasteiger partial charge in [-0.1, -0.05) is 49.2 Å². The molecule has 0 saturated heterocycles. The zero-order valence-corrected chi connectivity index (χ0v) is 13.3. The van der Waals surface area contributed by atoms with Gasteiger partial charge in [0.2, 0.25) is 5.91 Å². The number of hydrogen-bond acceptors (Lipinski definition) is 3. The Hall–Kier alpha value is -2.20. The Morgan fingerprint density at radius 1 is 0.870 bits per heavy atom. The third kappa shape index (κ3) is 5.49. The minimum absolute atomic E-state index is 0.125. The minimum atomic E-state index is -0.306. The molecule has 0 atom stereocenters. The van der Waals surface area contributed by atoms with Gasteiger partial charge in [-0.2, -0.15) is 0 Å². The van der Waals surface area contributed by atoms with E-state index in [9.17, 15) is 9.59 Å². The third-order valence-corrected chi connectivity index (χ3v) is 3.91. The molecular formula is C19H23NO3. The van der Waals surface area contributed by atoms with E-state index >= 15 is 0 Å². The molecule has 2 aromatic rings. The number of fused-ring (bicyclic) bond motifs is 1. The molecule has 0 aliphatic heterocycles. The molecule has 0 heterocycles. The minimum Gasteiger partial charge on any atom is -0.377 e. The van der Waals surface area contributed by atoms with Gasteiger partial charge in [0.15, 0.2) is 5.78 Å². The van der Waals surface area contributed by atoms with Crippen molar-refractivity contribution in [2.24, 2.45) is 0 Å². The zero-order chi connectivity index (χ0) is 16.5. The molecule has 23 heavy (non-hydrogen) atoms. The van der Waals surface area contributed by atoms with Crippen LogP contribution in [-0.2, 0) is 4.79 Å². The largest absolute Gasteiger partial charge is 0.377 e. The number of aliphatic hydroxyl groups is 1. The molecule has 0 aromatic heterocycles. The molecule has 0 bridgehead atoms. The Bertz CT molecular complexity index is 666. The Morgan fingerprint density at radius 2 is 1.57 bits per heavy atom. The van der Waals surface area contributed by atoms with Crippen LogP contribution in [0.15, 0.2) is 42.5 Å². The molecule has 0 fully saturated rings. The number of aliphatic hydroxyl groups excluding tert-OH is 1. The smallest absolute Gasteiger partial charge is 0.221 e. The van der Waals surface area contributed by atoms with E-state index in [1.807, 2.05) is 42.5 Å². The summed E-state index contributed by atoms with van der Waals surface area (Å²) in [6.45, 7) is -0.306. The summed E-state index contributed by atoms with van der Waals surface area (Å²) in [5, 5.41) is 13.1. The van der Waals surface area contributed by atoms with Crippen molar-refractivity contribution in [3.05, 3.63) is 48.0 Å². The summed E-state index contributed by atoms with van der Waals surface area (Å²) in [5.74, 6) is 0.0496. The van der Waals surface area contributed by atoms with Crippen molar-refractivity contribution in [3.8, 4) is 0 Å². The van der Waals surface area contributed by atoms with Crippen LogP contribution in [0, 0.1) is 0 Å². The molecule has 4 nitrogen and oxygen atoms in total. The fourth-order valence-electron chi connectivity index (χ4n) is 2.61. The summed E-state index contributed by atoms with van der Waals surface area (Å²) >= 11 is 0. The molecule has 0 saturated carbocycles. The molecule has 2 N–H and O–H groups in total. The molecule has 0 aliphatic rings. The second kappa shape index (κ2) is 9.06. The van der Waals surface area contributed by atoms with Crippen molar-refractivity contribution >= 4 is 22.5 Å². The number of carbonyl (C=O) groups is 2. The summed E-state index contributed by atoms with van der Waals surface area (Å²) in [7, 11) is 0. The van der Waals surface area contributed by atoms with Crippen molar-refractivity contribution in [1.82, 2.24) is 5.32 Å². The van der Waals surface area contributed by atoms with Crippen LogP contribution in [0.3, 0.4) is 0 Å². The highest BCUT2D eigenvalue weighted by atomic mass is 16.3. The van der Waals surface area contributed by atoms with E-state index in [-0.39, 0.29) is 18.4 Å². The van der Waals surface area contributed by atoms with Crippen LogP contribution in [0.2, 0.25) is 0 Å². The highest BCUT2D eigenvalue weighted by molar-refractivity contribution is 5.99. The van der Waals surface area contributed by atoms with Crippen LogP contribution in [0.5, 0.6) is 0 Å². The Balaban J connectivity index is 1.71. The second-order valence-corrected chi connectivity index (χ2v) is 5.66. The molecule has 0 unspecified atom stereocenters. The van der Waals surface area contributed by atoms with Crippen molar-refractivity contribution in [3.63, 3.8) is 0 Å². The van der Waals surface area contributed by atoms with Crippen LogP contribution in [0.1, 0.15) is 48.9 Å². The maximum absolute atomic E-state index is 12.2. The van der Waals surface area contributed by atoms with Crippen molar-refractivity contribution in [2.45, 2.75) is 38.5 Å². The highest BCUT2D eigenvalue weighted by Gasteiger charge is 2.06. The molecule has 0 radical (unpaired) electrons. The van der Waals surface area contributed by atoms with E-state index in [0.717, 1.165) is 42.0 Å². The van der Waals surface area contributed by atoms with E-state index < -0.39 is 0 Å². The first-order valence-corrected chi connectivity index (χ1v) is 8.10. The zero-order valence-electron chi connectivity index (χ0n) is 13.3. The van der Waals surface area contributed by atoms with Gasteiger partial charge < -0.3 is 10.4 Å². The van der Waals surface area contributed by atoms with Crippen molar-refractivity contribution < 1.29 is 14.7 Å². The predicted molar refractivity (Wildman–Crippen MR) is 91.2 cm³/mol.